The number of aromatic amines is 1. The molecule has 0 spiro atoms. The highest BCUT2D eigenvalue weighted by Gasteiger charge is 2.26. The van der Waals surface area contributed by atoms with E-state index in [4.69, 9.17) is 25.7 Å². The highest BCUT2D eigenvalue weighted by Crippen LogP contribution is 2.34. The van der Waals surface area contributed by atoms with Crippen LogP contribution in [0.25, 0.3) is 22.2 Å². The van der Waals surface area contributed by atoms with Gasteiger partial charge in [-0.1, -0.05) is 25.0 Å². The normalized spacial score (nSPS) is 23.6. The molecule has 0 amide bonds. The fraction of sp³-hybridized carbons (Fsp3) is 0.586. The van der Waals surface area contributed by atoms with Crippen molar-refractivity contribution in [2.24, 2.45) is 11.7 Å². The van der Waals surface area contributed by atoms with Crippen molar-refractivity contribution in [3.63, 3.8) is 0 Å². The van der Waals surface area contributed by atoms with Gasteiger partial charge in [-0.3, -0.25) is 0 Å². The quantitative estimate of drug-likeness (QED) is 0.270. The van der Waals surface area contributed by atoms with Gasteiger partial charge in [-0.15, -0.1) is 0 Å². The highest BCUT2D eigenvalue weighted by molar-refractivity contribution is 5.84. The molecule has 206 valence electrons. The predicted molar refractivity (Wildman–Crippen MR) is 154 cm³/mol. The maximum Gasteiger partial charge on any atom is 0.227 e. The summed E-state index contributed by atoms with van der Waals surface area (Å²) in [6.07, 6.45) is 14.4. The van der Waals surface area contributed by atoms with Gasteiger partial charge in [-0.2, -0.15) is 9.97 Å². The Balaban J connectivity index is 1.06. The summed E-state index contributed by atoms with van der Waals surface area (Å²) < 4.78 is 2.29. The Morgan fingerprint density at radius 1 is 0.923 bits per heavy atom. The third kappa shape index (κ3) is 5.32. The van der Waals surface area contributed by atoms with E-state index < -0.39 is 0 Å². The molecule has 3 fully saturated rings. The third-order valence-corrected chi connectivity index (χ3v) is 9.04. The number of para-hydroxylation sites is 2. The first-order valence-electron chi connectivity index (χ1n) is 14.9. The molecule has 39 heavy (non-hydrogen) atoms. The zero-order valence-corrected chi connectivity index (χ0v) is 22.6. The summed E-state index contributed by atoms with van der Waals surface area (Å²) in [6, 6.07) is 9.44. The van der Waals surface area contributed by atoms with Crippen LogP contribution in [0.15, 0.2) is 30.6 Å². The maximum absolute atomic E-state index is 6.15. The van der Waals surface area contributed by atoms with Crippen LogP contribution in [0.4, 0.5) is 11.8 Å². The van der Waals surface area contributed by atoms with Gasteiger partial charge in [-0.25, -0.2) is 15.0 Å². The molecule has 7 rings (SSSR count). The first-order valence-corrected chi connectivity index (χ1v) is 14.9. The van der Waals surface area contributed by atoms with Gasteiger partial charge in [0.2, 0.25) is 5.95 Å². The molecule has 4 heterocycles. The fourth-order valence-corrected chi connectivity index (χ4v) is 6.73. The lowest BCUT2D eigenvalue weighted by Crippen LogP contribution is -2.39. The molecule has 4 aromatic rings. The summed E-state index contributed by atoms with van der Waals surface area (Å²) in [7, 11) is 0. The molecule has 10 heteroatoms. The smallest absolute Gasteiger partial charge is 0.227 e. The Morgan fingerprint density at radius 2 is 1.72 bits per heavy atom. The van der Waals surface area contributed by atoms with E-state index >= 15 is 0 Å². The predicted octanol–water partition coefficient (Wildman–Crippen LogP) is 4.78. The highest BCUT2D eigenvalue weighted by atomic mass is 15.5. The minimum Gasteiger partial charge on any atom is -0.351 e. The molecule has 0 unspecified atom stereocenters. The van der Waals surface area contributed by atoms with Crippen molar-refractivity contribution in [3.05, 3.63) is 36.4 Å². The van der Waals surface area contributed by atoms with Gasteiger partial charge in [-0.05, 0) is 69.4 Å². The van der Waals surface area contributed by atoms with Crippen LogP contribution in [0.5, 0.6) is 0 Å². The van der Waals surface area contributed by atoms with Crippen LogP contribution in [0.1, 0.15) is 76.1 Å². The van der Waals surface area contributed by atoms with Gasteiger partial charge in [0.25, 0.3) is 0 Å². The number of anilines is 2. The molecule has 3 aromatic heterocycles. The van der Waals surface area contributed by atoms with Gasteiger partial charge < -0.3 is 26.0 Å². The molecule has 0 radical (unpaired) electrons. The number of benzene rings is 1. The number of rotatable bonds is 7. The van der Waals surface area contributed by atoms with Crippen molar-refractivity contribution in [3.8, 4) is 0 Å². The van der Waals surface area contributed by atoms with Crippen molar-refractivity contribution in [1.29, 1.82) is 0 Å². The van der Waals surface area contributed by atoms with Crippen LogP contribution in [-0.4, -0.2) is 59.7 Å². The number of piperidine rings is 1. The lowest BCUT2D eigenvalue weighted by atomic mass is 9.92. The first-order chi connectivity index (χ1) is 19.2. The topological polar surface area (TPSA) is 126 Å². The molecule has 1 aromatic carbocycles. The molecule has 2 aliphatic carbocycles. The minimum absolute atomic E-state index is 0.322. The zero-order chi connectivity index (χ0) is 26.2. The van der Waals surface area contributed by atoms with Crippen LogP contribution in [0.2, 0.25) is 0 Å². The Morgan fingerprint density at radius 3 is 2.51 bits per heavy atom. The van der Waals surface area contributed by atoms with Gasteiger partial charge in [0, 0.05) is 37.6 Å². The number of nitrogens with one attached hydrogen (secondary N) is 3. The van der Waals surface area contributed by atoms with Crippen molar-refractivity contribution < 1.29 is 0 Å². The lowest BCUT2D eigenvalue weighted by molar-refractivity contribution is 0.214. The summed E-state index contributed by atoms with van der Waals surface area (Å²) in [4.78, 5) is 23.1. The van der Waals surface area contributed by atoms with Crippen LogP contribution in [0, 0.1) is 5.92 Å². The standard InChI is InChI=1S/C29H40N10/c30-20-9-11-21(12-10-20)32-29-35-27(26-28(36-29)39(18-31-26)22-5-1-2-6-22)37-38-15-13-19(14-16-38)17-25-33-23-7-3-4-8-24(23)34-25/h3-4,7-8,18-22H,1-2,5-6,9-17,30H2,(H,33,34)(H2,32,35,36,37)/t20-,21-. The monoisotopic (exact) mass is 528 g/mol. The number of nitrogens with zero attached hydrogens (tertiary/aromatic N) is 6. The zero-order valence-electron chi connectivity index (χ0n) is 22.6. The second kappa shape index (κ2) is 10.7. The summed E-state index contributed by atoms with van der Waals surface area (Å²) in [5, 5.41) is 5.94. The molecular formula is C29H40N10. The summed E-state index contributed by atoms with van der Waals surface area (Å²) >= 11 is 0. The van der Waals surface area contributed by atoms with E-state index in [2.05, 4.69) is 43.5 Å². The average molecular weight is 529 g/mol. The number of aromatic nitrogens is 6. The molecule has 1 aliphatic heterocycles. The summed E-state index contributed by atoms with van der Waals surface area (Å²) in [5.74, 6) is 3.22. The summed E-state index contributed by atoms with van der Waals surface area (Å²) in [5.41, 5.74) is 13.8. The number of H-pyrrole nitrogens is 1. The van der Waals surface area contributed by atoms with E-state index in [0.29, 0.717) is 30.0 Å². The maximum atomic E-state index is 6.15. The van der Waals surface area contributed by atoms with Gasteiger partial charge in [0.15, 0.2) is 17.0 Å². The first kappa shape index (κ1) is 24.8. The van der Waals surface area contributed by atoms with Crippen molar-refractivity contribution in [2.75, 3.05) is 23.8 Å². The van der Waals surface area contributed by atoms with E-state index in [-0.39, 0.29) is 0 Å². The molecule has 2 saturated carbocycles. The largest absolute Gasteiger partial charge is 0.351 e. The number of imidazole rings is 2. The van der Waals surface area contributed by atoms with Crippen molar-refractivity contribution >= 4 is 34.0 Å². The van der Waals surface area contributed by atoms with E-state index in [1.54, 1.807) is 0 Å². The molecule has 0 bridgehead atoms. The van der Waals surface area contributed by atoms with E-state index in [0.717, 1.165) is 91.9 Å². The van der Waals surface area contributed by atoms with Crippen LogP contribution in [0.3, 0.4) is 0 Å². The number of hydrogen-bond donors (Lipinski definition) is 4. The van der Waals surface area contributed by atoms with Crippen LogP contribution in [-0.2, 0) is 6.42 Å². The van der Waals surface area contributed by atoms with Gasteiger partial charge in [0.05, 0.1) is 17.4 Å². The minimum atomic E-state index is 0.322. The molecular weight excluding hydrogens is 488 g/mol. The molecule has 10 nitrogen and oxygen atoms in total. The number of fused-ring (bicyclic) bond motifs is 2. The average Bonchev–Trinajstić information content (AvgIpc) is 3.70. The molecule has 0 atom stereocenters. The second-order valence-electron chi connectivity index (χ2n) is 11.9. The Labute approximate surface area is 229 Å². The van der Waals surface area contributed by atoms with E-state index in [9.17, 15) is 0 Å². The Bertz CT molecular complexity index is 1370. The van der Waals surface area contributed by atoms with E-state index in [1.807, 2.05) is 12.4 Å². The van der Waals surface area contributed by atoms with Crippen LogP contribution < -0.4 is 16.5 Å². The lowest BCUT2D eigenvalue weighted by Gasteiger charge is -2.32. The fourth-order valence-electron chi connectivity index (χ4n) is 6.73. The van der Waals surface area contributed by atoms with Crippen LogP contribution >= 0.6 is 0 Å². The van der Waals surface area contributed by atoms with Crippen molar-refractivity contribution in [1.82, 2.24) is 34.5 Å². The summed E-state index contributed by atoms with van der Waals surface area (Å²) in [6.45, 7) is 1.92. The second-order valence-corrected chi connectivity index (χ2v) is 11.9. The molecule has 3 aliphatic rings. The number of hydrogen-bond acceptors (Lipinski definition) is 8. The van der Waals surface area contributed by atoms with Gasteiger partial charge in [0.1, 0.15) is 5.82 Å². The third-order valence-electron chi connectivity index (χ3n) is 9.04. The number of nitrogens with two attached hydrogens (primary N) is 1. The molecule has 1 saturated heterocycles. The van der Waals surface area contributed by atoms with Gasteiger partial charge >= 0.3 is 0 Å². The number of hydrazine groups is 1. The Hall–Kier alpha value is -3.24. The van der Waals surface area contributed by atoms with E-state index in [1.165, 1.54) is 25.7 Å². The Kier molecular flexibility index (Phi) is 6.82. The SMILES string of the molecule is N[C@H]1CC[C@H](Nc2nc(NN3CCC(Cc4nc5ccccc5[nH]4)CC3)c3ncn(C4CCCC4)c3n2)CC1. The molecule has 5 N–H and O–H groups in total. The van der Waals surface area contributed by atoms with Crippen molar-refractivity contribution in [2.45, 2.75) is 88.8 Å².